The molecule has 148 valence electrons. The number of carbonyl (C=O) groups excluding carboxylic acids is 2. The number of rotatable bonds is 6. The minimum atomic E-state index is -0.280. The van der Waals surface area contributed by atoms with Crippen LogP contribution in [0.2, 0.25) is 0 Å². The Bertz CT molecular complexity index is 1010. The second-order valence-electron chi connectivity index (χ2n) is 7.02. The fraction of sp³-hybridized carbons (Fsp3) is 0.238. The van der Waals surface area contributed by atoms with Gasteiger partial charge in [0, 0.05) is 18.3 Å². The molecule has 1 aliphatic carbocycles. The van der Waals surface area contributed by atoms with Gasteiger partial charge in [-0.2, -0.15) is 0 Å². The molecular formula is C21H22N6O2. The number of aromatic nitrogens is 3. The van der Waals surface area contributed by atoms with Crippen molar-refractivity contribution in [2.75, 3.05) is 5.32 Å². The Labute approximate surface area is 168 Å². The van der Waals surface area contributed by atoms with E-state index in [-0.39, 0.29) is 18.0 Å². The Morgan fingerprint density at radius 1 is 1.07 bits per heavy atom. The Morgan fingerprint density at radius 3 is 2.48 bits per heavy atom. The summed E-state index contributed by atoms with van der Waals surface area (Å²) in [4.78, 5) is 24.3. The highest BCUT2D eigenvalue weighted by atomic mass is 16.2. The molecule has 3 N–H and O–H groups in total. The van der Waals surface area contributed by atoms with E-state index in [1.807, 2.05) is 49.4 Å². The van der Waals surface area contributed by atoms with Crippen molar-refractivity contribution in [3.05, 3.63) is 71.5 Å². The summed E-state index contributed by atoms with van der Waals surface area (Å²) in [5.41, 5.74) is 3.45. The van der Waals surface area contributed by atoms with Gasteiger partial charge >= 0.3 is 6.03 Å². The summed E-state index contributed by atoms with van der Waals surface area (Å²) in [7, 11) is 0. The minimum Gasteiger partial charge on any atom is -0.348 e. The van der Waals surface area contributed by atoms with Gasteiger partial charge in [-0.15, -0.1) is 5.10 Å². The van der Waals surface area contributed by atoms with Gasteiger partial charge < -0.3 is 16.0 Å². The summed E-state index contributed by atoms with van der Waals surface area (Å²) in [6, 6.07) is 16.9. The summed E-state index contributed by atoms with van der Waals surface area (Å²) in [6.45, 7) is 2.26. The average Bonchev–Trinajstić information content (AvgIpc) is 3.46. The molecule has 0 bridgehead atoms. The highest BCUT2D eigenvalue weighted by Gasteiger charge is 2.26. The maximum Gasteiger partial charge on any atom is 0.319 e. The lowest BCUT2D eigenvalue weighted by atomic mass is 10.2. The quantitative estimate of drug-likeness (QED) is 0.602. The number of nitrogens with zero attached hydrogens (tertiary/aromatic N) is 3. The van der Waals surface area contributed by atoms with Crippen LogP contribution in [0.1, 0.15) is 34.6 Å². The number of nitrogens with one attached hydrogen (secondary N) is 3. The van der Waals surface area contributed by atoms with Crippen molar-refractivity contribution in [1.82, 2.24) is 25.6 Å². The van der Waals surface area contributed by atoms with Gasteiger partial charge in [-0.1, -0.05) is 35.5 Å². The first kappa shape index (κ1) is 18.7. The van der Waals surface area contributed by atoms with E-state index in [2.05, 4.69) is 26.3 Å². The van der Waals surface area contributed by atoms with E-state index in [4.69, 9.17) is 0 Å². The van der Waals surface area contributed by atoms with Crippen LogP contribution < -0.4 is 16.0 Å². The predicted molar refractivity (Wildman–Crippen MR) is 109 cm³/mol. The lowest BCUT2D eigenvalue weighted by Gasteiger charge is -2.09. The molecule has 0 unspecified atom stereocenters. The van der Waals surface area contributed by atoms with E-state index in [1.165, 1.54) is 0 Å². The van der Waals surface area contributed by atoms with E-state index >= 15 is 0 Å². The first-order valence-corrected chi connectivity index (χ1v) is 9.52. The molecule has 0 aliphatic heterocycles. The normalized spacial score (nSPS) is 13.0. The Morgan fingerprint density at radius 2 is 1.79 bits per heavy atom. The van der Waals surface area contributed by atoms with Crippen LogP contribution in [0.4, 0.5) is 10.5 Å². The van der Waals surface area contributed by atoms with Gasteiger partial charge in [-0.05, 0) is 49.6 Å². The van der Waals surface area contributed by atoms with Crippen LogP contribution in [-0.2, 0) is 6.54 Å². The highest BCUT2D eigenvalue weighted by Crippen LogP contribution is 2.20. The molecule has 1 saturated carbocycles. The number of urea groups is 1. The van der Waals surface area contributed by atoms with Crippen LogP contribution >= 0.6 is 0 Å². The molecule has 0 radical (unpaired) electrons. The van der Waals surface area contributed by atoms with Gasteiger partial charge in [0.25, 0.3) is 5.91 Å². The molecular weight excluding hydrogens is 368 g/mol. The maximum atomic E-state index is 12.2. The van der Waals surface area contributed by atoms with Gasteiger partial charge in [-0.25, -0.2) is 9.48 Å². The zero-order valence-corrected chi connectivity index (χ0v) is 16.1. The largest absolute Gasteiger partial charge is 0.348 e. The maximum absolute atomic E-state index is 12.2. The van der Waals surface area contributed by atoms with Crippen molar-refractivity contribution in [2.24, 2.45) is 0 Å². The molecule has 0 spiro atoms. The van der Waals surface area contributed by atoms with Gasteiger partial charge in [0.1, 0.15) is 0 Å². The van der Waals surface area contributed by atoms with Gasteiger partial charge in [0.05, 0.1) is 11.4 Å². The van der Waals surface area contributed by atoms with Gasteiger partial charge in [0.2, 0.25) is 0 Å². The van der Waals surface area contributed by atoms with Crippen LogP contribution in [0.5, 0.6) is 0 Å². The minimum absolute atomic E-state index is 0.190. The number of benzene rings is 2. The molecule has 4 rings (SSSR count). The molecule has 3 amide bonds. The number of carbonyl (C=O) groups is 2. The Hall–Kier alpha value is -3.68. The van der Waals surface area contributed by atoms with Crippen LogP contribution in [0.15, 0.2) is 54.6 Å². The second kappa shape index (κ2) is 8.14. The first-order valence-electron chi connectivity index (χ1n) is 9.52. The van der Waals surface area contributed by atoms with E-state index in [0.29, 0.717) is 23.6 Å². The van der Waals surface area contributed by atoms with Crippen molar-refractivity contribution in [3.63, 3.8) is 0 Å². The van der Waals surface area contributed by atoms with E-state index in [1.54, 1.807) is 16.8 Å². The fourth-order valence-corrected chi connectivity index (χ4v) is 2.91. The number of amides is 3. The molecule has 29 heavy (non-hydrogen) atoms. The SMILES string of the molecule is Cc1c(C(=O)NC2CC2)nnn1-c1ccc(NC(=O)NCc2ccccc2)cc1. The average molecular weight is 390 g/mol. The summed E-state index contributed by atoms with van der Waals surface area (Å²) in [5.74, 6) is -0.190. The highest BCUT2D eigenvalue weighted by molar-refractivity contribution is 5.93. The van der Waals surface area contributed by atoms with Crippen LogP contribution in [0, 0.1) is 6.92 Å². The third kappa shape index (κ3) is 4.60. The van der Waals surface area contributed by atoms with Crippen molar-refractivity contribution in [3.8, 4) is 5.69 Å². The monoisotopic (exact) mass is 390 g/mol. The molecule has 1 fully saturated rings. The topological polar surface area (TPSA) is 101 Å². The molecule has 0 atom stereocenters. The first-order chi connectivity index (χ1) is 14.1. The van der Waals surface area contributed by atoms with Crippen molar-refractivity contribution < 1.29 is 9.59 Å². The molecule has 1 aromatic heterocycles. The summed E-state index contributed by atoms with van der Waals surface area (Å²) in [5, 5.41) is 16.6. The number of hydrogen-bond donors (Lipinski definition) is 3. The summed E-state index contributed by atoms with van der Waals surface area (Å²) in [6.07, 6.45) is 2.04. The smallest absolute Gasteiger partial charge is 0.319 e. The molecule has 8 heteroatoms. The zero-order chi connectivity index (χ0) is 20.2. The predicted octanol–water partition coefficient (Wildman–Crippen LogP) is 2.79. The molecule has 8 nitrogen and oxygen atoms in total. The number of anilines is 1. The molecule has 1 heterocycles. The lowest BCUT2D eigenvalue weighted by molar-refractivity contribution is 0.0945. The Balaban J connectivity index is 1.37. The zero-order valence-electron chi connectivity index (χ0n) is 16.1. The van der Waals surface area contributed by atoms with Crippen molar-refractivity contribution >= 4 is 17.6 Å². The van der Waals surface area contributed by atoms with E-state index in [9.17, 15) is 9.59 Å². The molecule has 0 saturated heterocycles. The van der Waals surface area contributed by atoms with Crippen LogP contribution in [-0.4, -0.2) is 33.0 Å². The molecule has 1 aliphatic rings. The third-order valence-electron chi connectivity index (χ3n) is 4.69. The fourth-order valence-electron chi connectivity index (χ4n) is 2.91. The van der Waals surface area contributed by atoms with Gasteiger partial charge in [0.15, 0.2) is 5.69 Å². The number of hydrogen-bond acceptors (Lipinski definition) is 4. The second-order valence-corrected chi connectivity index (χ2v) is 7.02. The standard InChI is InChI=1S/C21H22N6O2/c1-14-19(20(28)23-16-7-8-16)25-26-27(14)18-11-9-17(10-12-18)24-21(29)22-13-15-5-3-2-4-6-15/h2-6,9-12,16H,7-8,13H2,1H3,(H,23,28)(H2,22,24,29). The van der Waals surface area contributed by atoms with E-state index < -0.39 is 0 Å². The van der Waals surface area contributed by atoms with Crippen molar-refractivity contribution in [1.29, 1.82) is 0 Å². The van der Waals surface area contributed by atoms with Crippen LogP contribution in [0.3, 0.4) is 0 Å². The Kier molecular flexibility index (Phi) is 5.24. The summed E-state index contributed by atoms with van der Waals surface area (Å²) < 4.78 is 1.61. The van der Waals surface area contributed by atoms with Crippen LogP contribution in [0.25, 0.3) is 5.69 Å². The third-order valence-corrected chi connectivity index (χ3v) is 4.69. The lowest BCUT2D eigenvalue weighted by Crippen LogP contribution is -2.28. The van der Waals surface area contributed by atoms with Crippen molar-refractivity contribution in [2.45, 2.75) is 32.4 Å². The van der Waals surface area contributed by atoms with Gasteiger partial charge in [-0.3, -0.25) is 4.79 Å². The molecule has 3 aromatic rings. The summed E-state index contributed by atoms with van der Waals surface area (Å²) >= 11 is 0. The molecule has 2 aromatic carbocycles. The van der Waals surface area contributed by atoms with E-state index in [0.717, 1.165) is 24.1 Å².